The summed E-state index contributed by atoms with van der Waals surface area (Å²) in [5.74, 6) is -0.0409. The number of hydrogen-bond acceptors (Lipinski definition) is 7. The first-order valence-electron chi connectivity index (χ1n) is 9.87. The van der Waals surface area contributed by atoms with E-state index in [1.807, 2.05) is 41.9 Å². The second-order valence-electron chi connectivity index (χ2n) is 7.22. The molecule has 166 valence electrons. The topological polar surface area (TPSA) is 85.6 Å². The van der Waals surface area contributed by atoms with Crippen LogP contribution in [0.5, 0.6) is 0 Å². The summed E-state index contributed by atoms with van der Waals surface area (Å²) < 4.78 is 1.98. The van der Waals surface area contributed by atoms with Gasteiger partial charge in [-0.3, -0.25) is 4.79 Å². The first-order chi connectivity index (χ1) is 16.0. The molecule has 0 aliphatic carbocycles. The van der Waals surface area contributed by atoms with Crippen molar-refractivity contribution in [3.63, 3.8) is 0 Å². The van der Waals surface area contributed by atoms with Gasteiger partial charge in [0.25, 0.3) is 0 Å². The van der Waals surface area contributed by atoms with Gasteiger partial charge in [-0.2, -0.15) is 0 Å². The molecule has 0 bridgehead atoms. The second-order valence-corrected chi connectivity index (χ2v) is 10.1. The van der Waals surface area contributed by atoms with Crippen molar-refractivity contribution < 1.29 is 4.79 Å². The lowest BCUT2D eigenvalue weighted by atomic mass is 10.1. The van der Waals surface area contributed by atoms with Crippen molar-refractivity contribution in [2.75, 3.05) is 11.1 Å². The number of halogens is 2. The summed E-state index contributed by atoms with van der Waals surface area (Å²) in [4.78, 5) is 22.3. The van der Waals surface area contributed by atoms with E-state index in [9.17, 15) is 4.79 Å². The first-order valence-corrected chi connectivity index (χ1v) is 12.4. The monoisotopic (exact) mass is 514 g/mol. The molecule has 33 heavy (non-hydrogen) atoms. The number of para-hydroxylation sites is 1. The summed E-state index contributed by atoms with van der Waals surface area (Å²) in [5.41, 5.74) is 3.47. The summed E-state index contributed by atoms with van der Waals surface area (Å²) in [6.07, 6.45) is 2.35. The normalized spacial score (nSPS) is 11.4. The average Bonchev–Trinajstić information content (AvgIpc) is 3.36. The van der Waals surface area contributed by atoms with Gasteiger partial charge >= 0.3 is 0 Å². The van der Waals surface area contributed by atoms with Gasteiger partial charge in [0.15, 0.2) is 10.8 Å². The fourth-order valence-corrected chi connectivity index (χ4v) is 5.35. The number of aromatic nitrogens is 5. The van der Waals surface area contributed by atoms with Crippen molar-refractivity contribution in [3.05, 3.63) is 69.1 Å². The van der Waals surface area contributed by atoms with Gasteiger partial charge < -0.3 is 9.88 Å². The van der Waals surface area contributed by atoms with Gasteiger partial charge in [0.2, 0.25) is 11.1 Å². The molecule has 0 aliphatic heterocycles. The highest BCUT2D eigenvalue weighted by atomic mass is 35.5. The molecule has 0 unspecified atom stereocenters. The maximum absolute atomic E-state index is 12.4. The van der Waals surface area contributed by atoms with Crippen molar-refractivity contribution in [1.82, 2.24) is 24.7 Å². The standard InChI is InChI=1S/C22H16Cl2N6OS2/c1-30-17-5-3-2-4-15(17)19-20(30)27-22(29-28-19)32-11-18(31)26-21-25-10-14(33-21)8-12-6-7-13(23)9-16(12)24/h2-7,9-10H,8,11H2,1H3,(H,25,26,31). The van der Waals surface area contributed by atoms with Crippen molar-refractivity contribution in [2.45, 2.75) is 11.6 Å². The fourth-order valence-electron chi connectivity index (χ4n) is 3.44. The molecular weight excluding hydrogens is 499 g/mol. The number of carbonyl (C=O) groups is 1. The predicted molar refractivity (Wildman–Crippen MR) is 135 cm³/mol. The Kier molecular flexibility index (Phi) is 6.20. The Labute approximate surface area is 207 Å². The maximum atomic E-state index is 12.4. The summed E-state index contributed by atoms with van der Waals surface area (Å²) >= 11 is 14.8. The SMILES string of the molecule is Cn1c2ccccc2c2nnc(SCC(=O)Nc3ncc(Cc4ccc(Cl)cc4Cl)s3)nc21. The molecule has 0 radical (unpaired) electrons. The second kappa shape index (κ2) is 9.26. The molecule has 2 aromatic carbocycles. The minimum Gasteiger partial charge on any atom is -0.327 e. The maximum Gasteiger partial charge on any atom is 0.236 e. The van der Waals surface area contributed by atoms with Crippen LogP contribution in [0.3, 0.4) is 0 Å². The summed E-state index contributed by atoms with van der Waals surface area (Å²) in [5, 5.41) is 14.5. The molecule has 5 rings (SSSR count). The zero-order valence-electron chi connectivity index (χ0n) is 17.2. The van der Waals surface area contributed by atoms with Gasteiger partial charge in [0.05, 0.1) is 11.3 Å². The Morgan fingerprint density at radius 3 is 2.88 bits per heavy atom. The van der Waals surface area contributed by atoms with Crippen molar-refractivity contribution in [2.24, 2.45) is 7.05 Å². The van der Waals surface area contributed by atoms with Crippen molar-refractivity contribution >= 4 is 79.4 Å². The van der Waals surface area contributed by atoms with Crippen molar-refractivity contribution in [3.8, 4) is 0 Å². The summed E-state index contributed by atoms with van der Waals surface area (Å²) in [7, 11) is 1.94. The third kappa shape index (κ3) is 4.67. The zero-order chi connectivity index (χ0) is 22.9. The molecule has 1 amide bonds. The molecule has 0 fully saturated rings. The third-order valence-corrected chi connectivity index (χ3v) is 7.34. The number of aryl methyl sites for hydroxylation is 1. The molecule has 3 heterocycles. The quantitative estimate of drug-likeness (QED) is 0.296. The first kappa shape index (κ1) is 22.1. The molecule has 0 spiro atoms. The lowest BCUT2D eigenvalue weighted by molar-refractivity contribution is -0.113. The summed E-state index contributed by atoms with van der Waals surface area (Å²) in [6.45, 7) is 0. The smallest absolute Gasteiger partial charge is 0.236 e. The highest BCUT2D eigenvalue weighted by molar-refractivity contribution is 7.99. The van der Waals surface area contributed by atoms with Gasteiger partial charge in [-0.1, -0.05) is 59.2 Å². The molecule has 0 saturated carbocycles. The number of hydrogen-bond donors (Lipinski definition) is 1. The van der Waals surface area contributed by atoms with E-state index in [-0.39, 0.29) is 11.7 Å². The molecule has 3 aromatic heterocycles. The van der Waals surface area contributed by atoms with E-state index in [4.69, 9.17) is 23.2 Å². The summed E-state index contributed by atoms with van der Waals surface area (Å²) in [6, 6.07) is 13.4. The highest BCUT2D eigenvalue weighted by Gasteiger charge is 2.14. The number of thiazole rings is 1. The number of anilines is 1. The zero-order valence-corrected chi connectivity index (χ0v) is 20.4. The van der Waals surface area contributed by atoms with Crippen LogP contribution in [0.4, 0.5) is 5.13 Å². The van der Waals surface area contributed by atoms with Crippen LogP contribution >= 0.6 is 46.3 Å². The van der Waals surface area contributed by atoms with Crippen molar-refractivity contribution in [1.29, 1.82) is 0 Å². The number of fused-ring (bicyclic) bond motifs is 3. The van der Waals surface area contributed by atoms with E-state index >= 15 is 0 Å². The van der Waals surface area contributed by atoms with Crippen LogP contribution in [0, 0.1) is 0 Å². The van der Waals surface area contributed by atoms with Crippen LogP contribution < -0.4 is 5.32 Å². The molecular formula is C22H16Cl2N6OS2. The molecule has 5 aromatic rings. The Hall–Kier alpha value is -2.72. The number of carbonyl (C=O) groups excluding carboxylic acids is 1. The van der Waals surface area contributed by atoms with Gasteiger partial charge in [-0.05, 0) is 23.8 Å². The van der Waals surface area contributed by atoms with E-state index in [1.165, 1.54) is 23.1 Å². The fraction of sp³-hybridized carbons (Fsp3) is 0.136. The Morgan fingerprint density at radius 1 is 1.18 bits per heavy atom. The third-order valence-electron chi connectivity index (χ3n) is 5.00. The molecule has 7 nitrogen and oxygen atoms in total. The molecule has 11 heteroatoms. The van der Waals surface area contributed by atoms with Crippen LogP contribution in [0.25, 0.3) is 22.1 Å². The average molecular weight is 515 g/mol. The number of rotatable bonds is 6. The lowest BCUT2D eigenvalue weighted by Crippen LogP contribution is -2.14. The minimum atomic E-state index is -0.189. The lowest BCUT2D eigenvalue weighted by Gasteiger charge is -2.03. The number of amides is 1. The van der Waals surface area contributed by atoms with E-state index in [0.29, 0.717) is 26.8 Å². The number of benzene rings is 2. The van der Waals surface area contributed by atoms with Gasteiger partial charge in [0, 0.05) is 40.0 Å². The number of thioether (sulfide) groups is 1. The van der Waals surface area contributed by atoms with Gasteiger partial charge in [0.1, 0.15) is 5.52 Å². The minimum absolute atomic E-state index is 0.148. The van der Waals surface area contributed by atoms with E-state index in [2.05, 4.69) is 25.5 Å². The highest BCUT2D eigenvalue weighted by Crippen LogP contribution is 2.28. The van der Waals surface area contributed by atoms with Crippen LogP contribution in [-0.2, 0) is 18.3 Å². The van der Waals surface area contributed by atoms with Crippen LogP contribution in [-0.4, -0.2) is 36.4 Å². The molecule has 1 N–H and O–H groups in total. The van der Waals surface area contributed by atoms with E-state index < -0.39 is 0 Å². The number of nitrogens with zero attached hydrogens (tertiary/aromatic N) is 5. The van der Waals surface area contributed by atoms with Crippen LogP contribution in [0.2, 0.25) is 10.0 Å². The largest absolute Gasteiger partial charge is 0.327 e. The Morgan fingerprint density at radius 2 is 2.03 bits per heavy atom. The molecule has 0 aliphatic rings. The van der Waals surface area contributed by atoms with Crippen LogP contribution in [0.15, 0.2) is 53.8 Å². The van der Waals surface area contributed by atoms with Gasteiger partial charge in [-0.25, -0.2) is 9.97 Å². The molecule has 0 atom stereocenters. The predicted octanol–water partition coefficient (Wildman–Crippen LogP) is 5.60. The Bertz CT molecular complexity index is 1500. The molecule has 0 saturated heterocycles. The van der Waals surface area contributed by atoms with E-state index in [1.54, 1.807) is 18.3 Å². The van der Waals surface area contributed by atoms with Gasteiger partial charge in [-0.15, -0.1) is 21.5 Å². The van der Waals surface area contributed by atoms with Crippen LogP contribution in [0.1, 0.15) is 10.4 Å². The Balaban J connectivity index is 1.22. The number of nitrogens with one attached hydrogen (secondary N) is 1. The van der Waals surface area contributed by atoms with E-state index in [0.717, 1.165) is 32.5 Å².